The molecule has 0 amide bonds. The number of benzene rings is 1. The molecule has 0 saturated heterocycles. The summed E-state index contributed by atoms with van der Waals surface area (Å²) >= 11 is 6.11. The van der Waals surface area contributed by atoms with Gasteiger partial charge in [0.25, 0.3) is 0 Å². The van der Waals surface area contributed by atoms with Crippen molar-refractivity contribution in [1.82, 2.24) is 0 Å². The molecule has 1 rings (SSSR count). The first-order valence-electron chi connectivity index (χ1n) is 6.07. The number of hydrogen-bond donors (Lipinski definition) is 2. The normalized spacial score (nSPS) is 15.3. The number of halogens is 1. The average Bonchev–Trinajstić information content (AvgIpc) is 2.25. The minimum Gasteiger partial charge on any atom is -0.489 e. The highest BCUT2D eigenvalue weighted by Crippen LogP contribution is 2.28. The Kier molecular flexibility index (Phi) is 5.02. The number of nitrogens with two attached hydrogens (primary N) is 1. The van der Waals surface area contributed by atoms with Gasteiger partial charge in [-0.05, 0) is 30.0 Å². The van der Waals surface area contributed by atoms with Crippen molar-refractivity contribution < 1.29 is 9.84 Å². The average molecular weight is 272 g/mol. The predicted octanol–water partition coefficient (Wildman–Crippen LogP) is 3.15. The van der Waals surface area contributed by atoms with Crippen LogP contribution in [-0.4, -0.2) is 17.8 Å². The van der Waals surface area contributed by atoms with Gasteiger partial charge in [0, 0.05) is 6.04 Å². The molecule has 0 aliphatic rings. The molecule has 0 aliphatic carbocycles. The van der Waals surface area contributed by atoms with Gasteiger partial charge in [-0.1, -0.05) is 38.4 Å². The molecule has 1 aromatic rings. The molecule has 4 heteroatoms. The molecule has 1 aromatic carbocycles. The first kappa shape index (κ1) is 15.3. The van der Waals surface area contributed by atoms with Crippen molar-refractivity contribution >= 4 is 11.6 Å². The molecule has 18 heavy (non-hydrogen) atoms. The van der Waals surface area contributed by atoms with E-state index in [-0.39, 0.29) is 18.1 Å². The van der Waals surface area contributed by atoms with Crippen LogP contribution in [0.2, 0.25) is 5.02 Å². The molecule has 3 N–H and O–H groups in total. The van der Waals surface area contributed by atoms with E-state index in [1.165, 1.54) is 0 Å². The van der Waals surface area contributed by atoms with Crippen LogP contribution in [0.25, 0.3) is 0 Å². The standard InChI is InChI=1S/C14H22ClNO2/c1-9(16)10-5-6-12(11(15)7-10)18-8-13(17)14(2,3)4/h5-7,9,13,17H,8,16H2,1-4H3/t9-,13?/m0/s1. The van der Waals surface area contributed by atoms with E-state index in [1.807, 2.05) is 33.8 Å². The molecule has 0 heterocycles. The summed E-state index contributed by atoms with van der Waals surface area (Å²) in [6, 6.07) is 5.41. The molecule has 0 aromatic heterocycles. The molecule has 0 saturated carbocycles. The number of aliphatic hydroxyl groups is 1. The van der Waals surface area contributed by atoms with E-state index in [1.54, 1.807) is 12.1 Å². The first-order valence-corrected chi connectivity index (χ1v) is 6.45. The molecule has 0 radical (unpaired) electrons. The molecule has 0 bridgehead atoms. The third kappa shape index (κ3) is 4.16. The lowest BCUT2D eigenvalue weighted by atomic mass is 9.90. The molecular weight excluding hydrogens is 250 g/mol. The largest absolute Gasteiger partial charge is 0.489 e. The Morgan fingerprint density at radius 3 is 2.44 bits per heavy atom. The van der Waals surface area contributed by atoms with Crippen LogP contribution in [0.5, 0.6) is 5.75 Å². The van der Waals surface area contributed by atoms with Crippen LogP contribution in [0.1, 0.15) is 39.3 Å². The minimum absolute atomic E-state index is 0.0586. The van der Waals surface area contributed by atoms with E-state index < -0.39 is 6.10 Å². The number of hydrogen-bond acceptors (Lipinski definition) is 3. The minimum atomic E-state index is -0.540. The van der Waals surface area contributed by atoms with Gasteiger partial charge >= 0.3 is 0 Å². The van der Waals surface area contributed by atoms with Crippen LogP contribution < -0.4 is 10.5 Å². The summed E-state index contributed by atoms with van der Waals surface area (Å²) in [5, 5.41) is 10.4. The van der Waals surface area contributed by atoms with Crippen molar-refractivity contribution in [2.24, 2.45) is 11.1 Å². The van der Waals surface area contributed by atoms with Gasteiger partial charge < -0.3 is 15.6 Å². The van der Waals surface area contributed by atoms with E-state index in [2.05, 4.69) is 0 Å². The lowest BCUT2D eigenvalue weighted by Gasteiger charge is -2.25. The van der Waals surface area contributed by atoms with Gasteiger partial charge in [-0.3, -0.25) is 0 Å². The Morgan fingerprint density at radius 2 is 2.00 bits per heavy atom. The number of ether oxygens (including phenoxy) is 1. The summed E-state index contributed by atoms with van der Waals surface area (Å²) in [5.74, 6) is 0.573. The van der Waals surface area contributed by atoms with Crippen molar-refractivity contribution in [3.8, 4) is 5.75 Å². The second-order valence-electron chi connectivity index (χ2n) is 5.67. The smallest absolute Gasteiger partial charge is 0.138 e. The van der Waals surface area contributed by atoms with Crippen molar-refractivity contribution in [3.05, 3.63) is 28.8 Å². The molecule has 0 spiro atoms. The SMILES string of the molecule is C[C@H](N)c1ccc(OCC(O)C(C)(C)C)c(Cl)c1. The van der Waals surface area contributed by atoms with Crippen LogP contribution >= 0.6 is 11.6 Å². The summed E-state index contributed by atoms with van der Waals surface area (Å²) in [7, 11) is 0. The van der Waals surface area contributed by atoms with Gasteiger partial charge in [0.15, 0.2) is 0 Å². The van der Waals surface area contributed by atoms with E-state index in [9.17, 15) is 5.11 Å². The summed E-state index contributed by atoms with van der Waals surface area (Å²) in [6.45, 7) is 8.00. The second kappa shape index (κ2) is 5.91. The van der Waals surface area contributed by atoms with Gasteiger partial charge in [0.2, 0.25) is 0 Å². The van der Waals surface area contributed by atoms with E-state index in [0.717, 1.165) is 5.56 Å². The fraction of sp³-hybridized carbons (Fsp3) is 0.571. The summed E-state index contributed by atoms with van der Waals surface area (Å²) < 4.78 is 5.54. The number of rotatable bonds is 4. The third-order valence-corrected chi connectivity index (χ3v) is 3.17. The van der Waals surface area contributed by atoms with Crippen molar-refractivity contribution in [3.63, 3.8) is 0 Å². The molecular formula is C14H22ClNO2. The number of aliphatic hydroxyl groups excluding tert-OH is 1. The Bertz CT molecular complexity index is 399. The van der Waals surface area contributed by atoms with Crippen molar-refractivity contribution in [1.29, 1.82) is 0 Å². The van der Waals surface area contributed by atoms with Crippen molar-refractivity contribution in [2.75, 3.05) is 6.61 Å². The van der Waals surface area contributed by atoms with Gasteiger partial charge in [-0.2, -0.15) is 0 Å². The quantitative estimate of drug-likeness (QED) is 0.885. The Morgan fingerprint density at radius 1 is 1.39 bits per heavy atom. The van der Waals surface area contributed by atoms with Crippen LogP contribution in [0.4, 0.5) is 0 Å². The second-order valence-corrected chi connectivity index (χ2v) is 6.08. The molecule has 102 valence electrons. The Hall–Kier alpha value is -0.770. The zero-order valence-electron chi connectivity index (χ0n) is 11.4. The molecule has 0 aliphatic heterocycles. The fourth-order valence-electron chi connectivity index (χ4n) is 1.34. The van der Waals surface area contributed by atoms with E-state index in [4.69, 9.17) is 22.1 Å². The van der Waals surface area contributed by atoms with Gasteiger partial charge in [-0.15, -0.1) is 0 Å². The van der Waals surface area contributed by atoms with E-state index in [0.29, 0.717) is 10.8 Å². The molecule has 3 nitrogen and oxygen atoms in total. The highest BCUT2D eigenvalue weighted by atomic mass is 35.5. The summed E-state index contributed by atoms with van der Waals surface area (Å²) in [4.78, 5) is 0. The predicted molar refractivity (Wildman–Crippen MR) is 75.0 cm³/mol. The molecule has 2 atom stereocenters. The highest BCUT2D eigenvalue weighted by Gasteiger charge is 2.22. The van der Waals surface area contributed by atoms with E-state index >= 15 is 0 Å². The molecule has 0 fully saturated rings. The van der Waals surface area contributed by atoms with Crippen LogP contribution in [0.3, 0.4) is 0 Å². The first-order chi connectivity index (χ1) is 8.21. The van der Waals surface area contributed by atoms with Gasteiger partial charge in [0.1, 0.15) is 12.4 Å². The van der Waals surface area contributed by atoms with Gasteiger partial charge in [0.05, 0.1) is 11.1 Å². The zero-order chi connectivity index (χ0) is 13.9. The zero-order valence-corrected chi connectivity index (χ0v) is 12.2. The van der Waals surface area contributed by atoms with Crippen molar-refractivity contribution in [2.45, 2.75) is 39.8 Å². The fourth-order valence-corrected chi connectivity index (χ4v) is 1.58. The summed E-state index contributed by atoms with van der Waals surface area (Å²) in [5.41, 5.74) is 6.52. The highest BCUT2D eigenvalue weighted by molar-refractivity contribution is 6.32. The van der Waals surface area contributed by atoms with Crippen LogP contribution in [0, 0.1) is 5.41 Å². The lowest BCUT2D eigenvalue weighted by molar-refractivity contribution is 0.0218. The maximum Gasteiger partial charge on any atom is 0.138 e. The molecule has 1 unspecified atom stereocenters. The summed E-state index contributed by atoms with van der Waals surface area (Å²) in [6.07, 6.45) is -0.540. The maximum atomic E-state index is 9.89. The Balaban J connectivity index is 2.69. The topological polar surface area (TPSA) is 55.5 Å². The monoisotopic (exact) mass is 271 g/mol. The maximum absolute atomic E-state index is 9.89. The third-order valence-electron chi connectivity index (χ3n) is 2.88. The van der Waals surface area contributed by atoms with Crippen LogP contribution in [0.15, 0.2) is 18.2 Å². The van der Waals surface area contributed by atoms with Gasteiger partial charge in [-0.25, -0.2) is 0 Å². The Labute approximate surface area is 114 Å². The van der Waals surface area contributed by atoms with Crippen LogP contribution in [-0.2, 0) is 0 Å². The lowest BCUT2D eigenvalue weighted by Crippen LogP contribution is -2.31.